The Morgan fingerprint density at radius 1 is 1.42 bits per heavy atom. The maximum atomic E-state index is 12.5. The normalized spacial score (nSPS) is 11.1. The number of anilines is 1. The fourth-order valence-corrected chi connectivity index (χ4v) is 2.30. The molecule has 0 aliphatic heterocycles. The van der Waals surface area contributed by atoms with Crippen LogP contribution in [0.4, 0.5) is 5.69 Å². The van der Waals surface area contributed by atoms with Crippen LogP contribution in [0, 0.1) is 23.7 Å². The number of aliphatic hydroxyl groups is 1. The van der Waals surface area contributed by atoms with Crippen LogP contribution in [-0.4, -0.2) is 34.0 Å². The van der Waals surface area contributed by atoms with Gasteiger partial charge in [-0.1, -0.05) is 20.8 Å². The molecule has 0 aliphatic carbocycles. The van der Waals surface area contributed by atoms with Crippen molar-refractivity contribution in [3.8, 4) is 11.8 Å². The van der Waals surface area contributed by atoms with Crippen LogP contribution in [0.2, 0.25) is 0 Å². The molecule has 1 aromatic carbocycles. The van der Waals surface area contributed by atoms with Gasteiger partial charge in [-0.25, -0.2) is 0 Å². The van der Waals surface area contributed by atoms with Crippen molar-refractivity contribution >= 4 is 11.6 Å². The summed E-state index contributed by atoms with van der Waals surface area (Å²) in [6.07, 6.45) is 1.46. The Bertz CT molecular complexity index is 828. The molecule has 7 nitrogen and oxygen atoms in total. The molecular formula is C19H24N4O3. The monoisotopic (exact) mass is 356 g/mol. The number of nitrogens with zero attached hydrogens (tertiary/aromatic N) is 3. The Morgan fingerprint density at radius 3 is 2.77 bits per heavy atom. The summed E-state index contributed by atoms with van der Waals surface area (Å²) in [5, 5.41) is 25.2. The van der Waals surface area contributed by atoms with Crippen molar-refractivity contribution in [2.45, 2.75) is 34.2 Å². The summed E-state index contributed by atoms with van der Waals surface area (Å²) in [5.74, 6) is 0.173. The molecule has 0 saturated heterocycles. The van der Waals surface area contributed by atoms with Crippen molar-refractivity contribution in [1.82, 2.24) is 9.78 Å². The Morgan fingerprint density at radius 2 is 2.15 bits per heavy atom. The van der Waals surface area contributed by atoms with Crippen LogP contribution in [0.15, 0.2) is 24.4 Å². The molecule has 0 saturated carbocycles. The van der Waals surface area contributed by atoms with E-state index in [0.717, 1.165) is 0 Å². The van der Waals surface area contributed by atoms with Gasteiger partial charge < -0.3 is 15.2 Å². The third kappa shape index (κ3) is 4.83. The number of hydrogen-bond donors (Lipinski definition) is 2. The minimum atomic E-state index is -0.320. The summed E-state index contributed by atoms with van der Waals surface area (Å²) in [6, 6.07) is 7.06. The van der Waals surface area contributed by atoms with E-state index in [-0.39, 0.29) is 17.9 Å². The van der Waals surface area contributed by atoms with Crippen LogP contribution >= 0.6 is 0 Å². The molecule has 26 heavy (non-hydrogen) atoms. The first-order chi connectivity index (χ1) is 12.2. The van der Waals surface area contributed by atoms with Gasteiger partial charge in [0.1, 0.15) is 11.8 Å². The van der Waals surface area contributed by atoms with Crippen LogP contribution in [0.1, 0.15) is 42.4 Å². The number of benzene rings is 1. The molecule has 0 atom stereocenters. The lowest BCUT2D eigenvalue weighted by molar-refractivity contribution is 0.102. The van der Waals surface area contributed by atoms with E-state index >= 15 is 0 Å². The number of nitriles is 1. The van der Waals surface area contributed by atoms with Crippen molar-refractivity contribution < 1.29 is 14.6 Å². The van der Waals surface area contributed by atoms with Crippen molar-refractivity contribution in [2.24, 2.45) is 5.41 Å². The molecule has 1 aromatic heterocycles. The zero-order valence-corrected chi connectivity index (χ0v) is 15.5. The Balaban J connectivity index is 2.15. The van der Waals surface area contributed by atoms with Gasteiger partial charge in [0, 0.05) is 11.4 Å². The lowest BCUT2D eigenvalue weighted by Gasteiger charge is -2.19. The lowest BCUT2D eigenvalue weighted by atomic mass is 9.98. The van der Waals surface area contributed by atoms with Crippen LogP contribution in [0.25, 0.3) is 0 Å². The van der Waals surface area contributed by atoms with Gasteiger partial charge >= 0.3 is 0 Å². The summed E-state index contributed by atoms with van der Waals surface area (Å²) >= 11 is 0. The van der Waals surface area contributed by atoms with Crippen molar-refractivity contribution in [3.63, 3.8) is 0 Å². The van der Waals surface area contributed by atoms with Gasteiger partial charge in [-0.2, -0.15) is 10.4 Å². The number of hydrogen-bond acceptors (Lipinski definition) is 5. The molecule has 1 amide bonds. The summed E-state index contributed by atoms with van der Waals surface area (Å²) in [7, 11) is 0. The van der Waals surface area contributed by atoms with Crippen LogP contribution in [-0.2, 0) is 6.54 Å². The zero-order chi connectivity index (χ0) is 19.3. The molecule has 2 N–H and O–H groups in total. The molecule has 0 spiro atoms. The smallest absolute Gasteiger partial charge is 0.259 e. The number of nitrogens with one attached hydrogen (secondary N) is 1. The minimum absolute atomic E-state index is 0.0220. The Kier molecular flexibility index (Phi) is 6.01. The second-order valence-electron chi connectivity index (χ2n) is 7.22. The van der Waals surface area contributed by atoms with Gasteiger partial charge in [-0.15, -0.1) is 0 Å². The average molecular weight is 356 g/mol. The van der Waals surface area contributed by atoms with E-state index in [2.05, 4.69) is 16.5 Å². The van der Waals surface area contributed by atoms with Gasteiger partial charge in [-0.3, -0.25) is 9.48 Å². The highest BCUT2D eigenvalue weighted by Crippen LogP contribution is 2.25. The first-order valence-corrected chi connectivity index (χ1v) is 8.37. The molecule has 138 valence electrons. The quantitative estimate of drug-likeness (QED) is 0.829. The molecular weight excluding hydrogens is 332 g/mol. The van der Waals surface area contributed by atoms with Gasteiger partial charge in [0.15, 0.2) is 0 Å². The predicted molar refractivity (Wildman–Crippen MR) is 98.1 cm³/mol. The fourth-order valence-electron chi connectivity index (χ4n) is 2.30. The highest BCUT2D eigenvalue weighted by atomic mass is 16.5. The third-order valence-electron chi connectivity index (χ3n) is 3.68. The van der Waals surface area contributed by atoms with E-state index in [1.807, 2.05) is 20.8 Å². The molecule has 0 radical (unpaired) electrons. The Labute approximate surface area is 153 Å². The SMILES string of the molecule is Cc1c(C(=O)Nc2ccc(OCC(C)(C)C)c(C#N)c2)cnn1CCO. The predicted octanol–water partition coefficient (Wildman–Crippen LogP) is 2.73. The second-order valence-corrected chi connectivity index (χ2v) is 7.22. The van der Waals surface area contributed by atoms with E-state index in [4.69, 9.17) is 9.84 Å². The van der Waals surface area contributed by atoms with Gasteiger partial charge in [0.2, 0.25) is 0 Å². The standard InChI is InChI=1S/C19H24N4O3/c1-13-16(11-21-23(13)7-8-24)18(25)22-15-5-6-17(14(9-15)10-20)26-12-19(2,3)4/h5-6,9,11,24H,7-8,12H2,1-4H3,(H,22,25). The van der Waals surface area contributed by atoms with Gasteiger partial charge in [0.05, 0.1) is 37.1 Å². The van der Waals surface area contributed by atoms with E-state index in [9.17, 15) is 10.1 Å². The summed E-state index contributed by atoms with van der Waals surface area (Å²) in [4.78, 5) is 12.5. The largest absolute Gasteiger partial charge is 0.492 e. The molecule has 0 aliphatic rings. The zero-order valence-electron chi connectivity index (χ0n) is 15.5. The number of aromatic nitrogens is 2. The van der Waals surface area contributed by atoms with E-state index < -0.39 is 0 Å². The number of ether oxygens (including phenoxy) is 1. The van der Waals surface area contributed by atoms with Gasteiger partial charge in [-0.05, 0) is 30.5 Å². The molecule has 2 rings (SSSR count). The number of carbonyl (C=O) groups is 1. The van der Waals surface area contributed by atoms with Crippen molar-refractivity contribution in [3.05, 3.63) is 41.2 Å². The molecule has 0 unspecified atom stereocenters. The van der Waals surface area contributed by atoms with E-state index in [0.29, 0.717) is 41.4 Å². The molecule has 2 aromatic rings. The summed E-state index contributed by atoms with van der Waals surface area (Å²) in [5.41, 5.74) is 1.93. The minimum Gasteiger partial charge on any atom is -0.492 e. The van der Waals surface area contributed by atoms with E-state index in [1.165, 1.54) is 6.20 Å². The first-order valence-electron chi connectivity index (χ1n) is 8.37. The lowest BCUT2D eigenvalue weighted by Crippen LogP contribution is -2.17. The molecule has 1 heterocycles. The summed E-state index contributed by atoms with van der Waals surface area (Å²) in [6.45, 7) is 8.67. The number of carbonyl (C=O) groups excluding carboxylic acids is 1. The van der Waals surface area contributed by atoms with Crippen LogP contribution in [0.5, 0.6) is 5.75 Å². The highest BCUT2D eigenvalue weighted by Gasteiger charge is 2.16. The maximum Gasteiger partial charge on any atom is 0.259 e. The number of rotatable bonds is 6. The van der Waals surface area contributed by atoms with Crippen LogP contribution < -0.4 is 10.1 Å². The van der Waals surface area contributed by atoms with Crippen molar-refractivity contribution in [1.29, 1.82) is 5.26 Å². The first kappa shape index (κ1) is 19.5. The average Bonchev–Trinajstić information content (AvgIpc) is 2.94. The topological polar surface area (TPSA) is 100 Å². The molecule has 0 fully saturated rings. The van der Waals surface area contributed by atoms with E-state index in [1.54, 1.807) is 29.8 Å². The Hall–Kier alpha value is -2.85. The fraction of sp³-hybridized carbons (Fsp3) is 0.421. The maximum absolute atomic E-state index is 12.5. The van der Waals surface area contributed by atoms with Crippen LogP contribution in [0.3, 0.4) is 0 Å². The summed E-state index contributed by atoms with van der Waals surface area (Å²) < 4.78 is 7.28. The highest BCUT2D eigenvalue weighted by molar-refractivity contribution is 6.05. The van der Waals surface area contributed by atoms with Gasteiger partial charge in [0.25, 0.3) is 5.91 Å². The second kappa shape index (κ2) is 8.02. The molecule has 0 bridgehead atoms. The third-order valence-corrected chi connectivity index (χ3v) is 3.68. The van der Waals surface area contributed by atoms with Crippen molar-refractivity contribution in [2.75, 3.05) is 18.5 Å². The number of amides is 1. The molecule has 7 heteroatoms. The number of aliphatic hydroxyl groups excluding tert-OH is 1.